The Kier molecular flexibility index (Phi) is 4.41. The zero-order chi connectivity index (χ0) is 15.6. The van der Waals surface area contributed by atoms with Crippen molar-refractivity contribution in [2.24, 2.45) is 0 Å². The van der Waals surface area contributed by atoms with Crippen molar-refractivity contribution in [1.29, 1.82) is 0 Å². The highest BCUT2D eigenvalue weighted by Gasteiger charge is 2.34. The van der Waals surface area contributed by atoms with Crippen LogP contribution >= 0.6 is 12.2 Å². The van der Waals surface area contributed by atoms with Gasteiger partial charge in [0.1, 0.15) is 16.3 Å². The molecule has 21 heavy (non-hydrogen) atoms. The highest BCUT2D eigenvalue weighted by molar-refractivity contribution is 7.71. The van der Waals surface area contributed by atoms with Gasteiger partial charge in [-0.05, 0) is 30.7 Å². The minimum Gasteiger partial charge on any atom is -0.343 e. The zero-order valence-electron chi connectivity index (χ0n) is 11.1. The van der Waals surface area contributed by atoms with Crippen molar-refractivity contribution in [1.82, 2.24) is 9.97 Å². The lowest BCUT2D eigenvalue weighted by Crippen LogP contribution is -2.09. The number of benzene rings is 1. The van der Waals surface area contributed by atoms with E-state index in [0.717, 1.165) is 18.6 Å². The van der Waals surface area contributed by atoms with Crippen molar-refractivity contribution in [2.45, 2.75) is 25.9 Å². The Morgan fingerprint density at radius 1 is 1.24 bits per heavy atom. The van der Waals surface area contributed by atoms with Crippen LogP contribution in [0.1, 0.15) is 24.6 Å². The van der Waals surface area contributed by atoms with Crippen LogP contribution < -0.4 is 0 Å². The van der Waals surface area contributed by atoms with E-state index in [4.69, 9.17) is 12.2 Å². The second-order valence-corrected chi connectivity index (χ2v) is 4.95. The molecule has 0 atom stereocenters. The molecule has 0 saturated heterocycles. The third kappa shape index (κ3) is 3.66. The number of hydrogen-bond donors (Lipinski definition) is 1. The summed E-state index contributed by atoms with van der Waals surface area (Å²) in [6, 6.07) is 4.09. The number of halogens is 4. The number of nitrogens with zero attached hydrogens (tertiary/aromatic N) is 1. The number of rotatable bonds is 3. The van der Waals surface area contributed by atoms with E-state index >= 15 is 0 Å². The first-order valence-electron chi connectivity index (χ1n) is 6.28. The fourth-order valence-corrected chi connectivity index (χ4v) is 2.23. The van der Waals surface area contributed by atoms with Crippen LogP contribution in [-0.4, -0.2) is 9.97 Å². The van der Waals surface area contributed by atoms with Crippen molar-refractivity contribution >= 4 is 12.2 Å². The zero-order valence-corrected chi connectivity index (χ0v) is 11.9. The highest BCUT2D eigenvalue weighted by Crippen LogP contribution is 2.36. The fraction of sp³-hybridized carbons (Fsp3) is 0.286. The van der Waals surface area contributed by atoms with Crippen LogP contribution in [-0.2, 0) is 12.6 Å². The Morgan fingerprint density at radius 2 is 1.95 bits per heavy atom. The van der Waals surface area contributed by atoms with Gasteiger partial charge in [0.15, 0.2) is 0 Å². The normalized spacial score (nSPS) is 11.7. The average Bonchev–Trinajstić information content (AvgIpc) is 2.37. The quantitative estimate of drug-likeness (QED) is 0.643. The number of alkyl halides is 3. The third-order valence-corrected chi connectivity index (χ3v) is 3.07. The fourth-order valence-electron chi connectivity index (χ4n) is 2.00. The van der Waals surface area contributed by atoms with Gasteiger partial charge in [-0.25, -0.2) is 9.37 Å². The van der Waals surface area contributed by atoms with Gasteiger partial charge in [-0.15, -0.1) is 0 Å². The number of H-pyrrole nitrogens is 1. The molecule has 0 spiro atoms. The maximum absolute atomic E-state index is 13.1. The van der Waals surface area contributed by atoms with Crippen molar-refractivity contribution in [3.8, 4) is 11.4 Å². The molecule has 2 nitrogen and oxygen atoms in total. The molecular formula is C14H12F4N2S. The van der Waals surface area contributed by atoms with Gasteiger partial charge in [0.05, 0.1) is 5.56 Å². The summed E-state index contributed by atoms with van der Waals surface area (Å²) in [6.45, 7) is 1.94. The number of aromatic amines is 1. The lowest BCUT2D eigenvalue weighted by molar-refractivity contribution is -0.137. The van der Waals surface area contributed by atoms with E-state index in [1.54, 1.807) is 6.07 Å². The van der Waals surface area contributed by atoms with Gasteiger partial charge in [0, 0.05) is 11.3 Å². The third-order valence-electron chi connectivity index (χ3n) is 2.86. The Balaban J connectivity index is 2.64. The number of aryl methyl sites for hydroxylation is 1. The number of nitrogens with one attached hydrogen (secondary N) is 1. The molecule has 0 saturated carbocycles. The van der Waals surface area contributed by atoms with Gasteiger partial charge in [-0.3, -0.25) is 0 Å². The highest BCUT2D eigenvalue weighted by atomic mass is 32.1. The Bertz CT molecular complexity index is 707. The molecular weight excluding hydrogens is 304 g/mol. The lowest BCUT2D eigenvalue weighted by atomic mass is 10.1. The van der Waals surface area contributed by atoms with Crippen molar-refractivity contribution < 1.29 is 17.6 Å². The van der Waals surface area contributed by atoms with Crippen LogP contribution in [0.2, 0.25) is 0 Å². The van der Waals surface area contributed by atoms with Crippen molar-refractivity contribution in [2.75, 3.05) is 0 Å². The van der Waals surface area contributed by atoms with Gasteiger partial charge < -0.3 is 4.98 Å². The summed E-state index contributed by atoms with van der Waals surface area (Å²) in [5, 5.41) is 0. The molecule has 2 aromatic rings. The minimum absolute atomic E-state index is 0.00160. The molecule has 7 heteroatoms. The smallest absolute Gasteiger partial charge is 0.343 e. The van der Waals surface area contributed by atoms with Crippen LogP contribution in [0.3, 0.4) is 0 Å². The van der Waals surface area contributed by atoms with Crippen LogP contribution in [0, 0.1) is 10.5 Å². The molecule has 1 aromatic carbocycles. The molecule has 0 radical (unpaired) electrons. The van der Waals surface area contributed by atoms with Gasteiger partial charge in [-0.2, -0.15) is 13.2 Å². The lowest BCUT2D eigenvalue weighted by Gasteiger charge is -2.13. The van der Waals surface area contributed by atoms with Gasteiger partial charge >= 0.3 is 6.18 Å². The molecule has 2 rings (SSSR count). The molecule has 1 N–H and O–H groups in total. The van der Waals surface area contributed by atoms with E-state index in [1.807, 2.05) is 6.92 Å². The number of aromatic nitrogens is 2. The molecule has 0 amide bonds. The van der Waals surface area contributed by atoms with Crippen LogP contribution in [0.4, 0.5) is 17.6 Å². The monoisotopic (exact) mass is 316 g/mol. The van der Waals surface area contributed by atoms with Crippen molar-refractivity contribution in [3.05, 3.63) is 46.0 Å². The van der Waals surface area contributed by atoms with E-state index < -0.39 is 17.6 Å². The SMILES string of the molecule is CCCc1cc(=S)nc(-c2ccc(F)cc2C(F)(F)F)[nH]1. The van der Waals surface area contributed by atoms with E-state index in [0.29, 0.717) is 18.2 Å². The Morgan fingerprint density at radius 3 is 2.57 bits per heavy atom. The molecule has 0 aliphatic rings. The first-order valence-corrected chi connectivity index (χ1v) is 6.69. The maximum atomic E-state index is 13.1. The van der Waals surface area contributed by atoms with Crippen LogP contribution in [0.15, 0.2) is 24.3 Å². The summed E-state index contributed by atoms with van der Waals surface area (Å²) >= 11 is 4.98. The predicted molar refractivity (Wildman–Crippen MR) is 73.8 cm³/mol. The largest absolute Gasteiger partial charge is 0.417 e. The van der Waals surface area contributed by atoms with Crippen molar-refractivity contribution in [3.63, 3.8) is 0 Å². The Hall–Kier alpha value is -1.76. The summed E-state index contributed by atoms with van der Waals surface area (Å²) in [7, 11) is 0. The molecule has 0 bridgehead atoms. The summed E-state index contributed by atoms with van der Waals surface area (Å²) in [4.78, 5) is 6.76. The molecule has 0 aliphatic heterocycles. The molecule has 0 fully saturated rings. The van der Waals surface area contributed by atoms with E-state index in [2.05, 4.69) is 9.97 Å². The number of hydrogen-bond acceptors (Lipinski definition) is 2. The summed E-state index contributed by atoms with van der Waals surface area (Å²) in [6.07, 6.45) is -3.22. The molecule has 0 aliphatic carbocycles. The van der Waals surface area contributed by atoms with E-state index in [1.165, 1.54) is 0 Å². The van der Waals surface area contributed by atoms with Crippen LogP contribution in [0.25, 0.3) is 11.4 Å². The van der Waals surface area contributed by atoms with E-state index in [-0.39, 0.29) is 16.0 Å². The second kappa shape index (κ2) is 5.93. The average molecular weight is 316 g/mol. The van der Waals surface area contributed by atoms with E-state index in [9.17, 15) is 17.6 Å². The molecule has 112 valence electrons. The summed E-state index contributed by atoms with van der Waals surface area (Å²) < 4.78 is 52.4. The molecule has 0 unspecified atom stereocenters. The maximum Gasteiger partial charge on any atom is 0.417 e. The van der Waals surface area contributed by atoms with Gasteiger partial charge in [0.25, 0.3) is 0 Å². The summed E-state index contributed by atoms with van der Waals surface area (Å²) in [5.74, 6) is -0.951. The first-order chi connectivity index (χ1) is 9.81. The van der Waals surface area contributed by atoms with Gasteiger partial charge in [0.2, 0.25) is 0 Å². The summed E-state index contributed by atoms with van der Waals surface area (Å²) in [5.41, 5.74) is -0.591. The first kappa shape index (κ1) is 15.6. The Labute approximate surface area is 123 Å². The second-order valence-electron chi connectivity index (χ2n) is 4.53. The minimum atomic E-state index is -4.67. The topological polar surface area (TPSA) is 28.7 Å². The standard InChI is InChI=1S/C14H12F4N2S/c1-2-3-9-7-12(21)20-13(19-9)10-5-4-8(15)6-11(10)14(16,17)18/h4-7H,2-3H2,1H3,(H,19,20,21). The molecule has 1 heterocycles. The van der Waals surface area contributed by atoms with Gasteiger partial charge in [-0.1, -0.05) is 25.6 Å². The van der Waals surface area contributed by atoms with Crippen LogP contribution in [0.5, 0.6) is 0 Å². The molecule has 1 aromatic heterocycles. The predicted octanol–water partition coefficient (Wildman–Crippen LogP) is 4.92.